The van der Waals surface area contributed by atoms with Crippen LogP contribution in [0.1, 0.15) is 0 Å². The van der Waals surface area contributed by atoms with E-state index in [-0.39, 0.29) is 0 Å². The second kappa shape index (κ2) is 5.57. The van der Waals surface area contributed by atoms with Crippen LogP contribution in [-0.2, 0) is 0 Å². The van der Waals surface area contributed by atoms with Gasteiger partial charge in [-0.05, 0) is 12.1 Å². The third-order valence-corrected chi connectivity index (χ3v) is 6.06. The SMILES string of the molecule is C[Si](C)(C)[C@H](CCl)COc1ccccc1. The summed E-state index contributed by atoms with van der Waals surface area (Å²) >= 11 is 5.97. The molecule has 0 aliphatic heterocycles. The highest BCUT2D eigenvalue weighted by molar-refractivity contribution is 6.78. The second-order valence-corrected chi connectivity index (χ2v) is 10.7. The summed E-state index contributed by atoms with van der Waals surface area (Å²) in [4.78, 5) is 0. The van der Waals surface area contributed by atoms with E-state index in [4.69, 9.17) is 16.3 Å². The third kappa shape index (κ3) is 4.27. The molecule has 0 aliphatic carbocycles. The number of ether oxygens (including phenoxy) is 1. The van der Waals surface area contributed by atoms with Crippen molar-refractivity contribution in [3.63, 3.8) is 0 Å². The van der Waals surface area contributed by atoms with E-state index in [1.165, 1.54) is 0 Å². The van der Waals surface area contributed by atoms with E-state index < -0.39 is 8.07 Å². The van der Waals surface area contributed by atoms with E-state index in [0.717, 1.165) is 12.4 Å². The number of para-hydroxylation sites is 1. The number of hydrogen-bond donors (Lipinski definition) is 0. The molecule has 0 amide bonds. The van der Waals surface area contributed by atoms with Gasteiger partial charge in [0.1, 0.15) is 5.75 Å². The summed E-state index contributed by atoms with van der Waals surface area (Å²) in [6.07, 6.45) is 0. The topological polar surface area (TPSA) is 9.23 Å². The minimum Gasteiger partial charge on any atom is -0.494 e. The summed E-state index contributed by atoms with van der Waals surface area (Å²) in [5, 5.41) is 0. The molecule has 1 atom stereocenters. The van der Waals surface area contributed by atoms with Crippen molar-refractivity contribution in [2.45, 2.75) is 25.2 Å². The number of benzene rings is 1. The smallest absolute Gasteiger partial charge is 0.119 e. The molecule has 1 aromatic carbocycles. The predicted octanol–water partition coefficient (Wildman–Crippen LogP) is 4.01. The van der Waals surface area contributed by atoms with Gasteiger partial charge < -0.3 is 4.74 Å². The van der Waals surface area contributed by atoms with Crippen molar-refractivity contribution in [1.29, 1.82) is 0 Å². The lowest BCUT2D eigenvalue weighted by Crippen LogP contribution is -2.33. The van der Waals surface area contributed by atoms with Gasteiger partial charge in [-0.1, -0.05) is 37.8 Å². The van der Waals surface area contributed by atoms with Crippen LogP contribution in [-0.4, -0.2) is 20.6 Å². The van der Waals surface area contributed by atoms with Crippen LogP contribution < -0.4 is 4.74 Å². The summed E-state index contributed by atoms with van der Waals surface area (Å²) in [7, 11) is -1.20. The summed E-state index contributed by atoms with van der Waals surface area (Å²) < 4.78 is 5.74. The van der Waals surface area contributed by atoms with Crippen LogP contribution in [0.25, 0.3) is 0 Å². The molecular formula is C12H19ClOSi. The molecule has 84 valence electrons. The Kier molecular flexibility index (Phi) is 4.67. The summed E-state index contributed by atoms with van der Waals surface area (Å²) in [6, 6.07) is 9.93. The number of halogens is 1. The van der Waals surface area contributed by atoms with Crippen LogP contribution in [0.5, 0.6) is 5.75 Å². The Morgan fingerprint density at radius 1 is 1.20 bits per heavy atom. The summed E-state index contributed by atoms with van der Waals surface area (Å²) in [6.45, 7) is 7.72. The van der Waals surface area contributed by atoms with Gasteiger partial charge in [0.05, 0.1) is 14.7 Å². The van der Waals surface area contributed by atoms with Crippen LogP contribution in [0, 0.1) is 0 Å². The van der Waals surface area contributed by atoms with Gasteiger partial charge in [-0.25, -0.2) is 0 Å². The van der Waals surface area contributed by atoms with Crippen LogP contribution >= 0.6 is 11.6 Å². The normalized spacial score (nSPS) is 13.6. The average Bonchev–Trinajstić information content (AvgIpc) is 2.18. The first-order valence-corrected chi connectivity index (χ1v) is 9.39. The van der Waals surface area contributed by atoms with E-state index in [0.29, 0.717) is 11.4 Å². The minimum atomic E-state index is -1.20. The quantitative estimate of drug-likeness (QED) is 0.560. The number of rotatable bonds is 5. The van der Waals surface area contributed by atoms with E-state index in [1.807, 2.05) is 30.3 Å². The summed E-state index contributed by atoms with van der Waals surface area (Å²) in [5.74, 6) is 1.63. The monoisotopic (exact) mass is 242 g/mol. The van der Waals surface area contributed by atoms with Crippen molar-refractivity contribution in [1.82, 2.24) is 0 Å². The largest absolute Gasteiger partial charge is 0.494 e. The zero-order chi connectivity index (χ0) is 11.3. The molecule has 0 spiro atoms. The molecule has 0 aliphatic rings. The Bertz CT molecular complexity index is 281. The Morgan fingerprint density at radius 2 is 1.80 bits per heavy atom. The third-order valence-electron chi connectivity index (χ3n) is 2.61. The van der Waals surface area contributed by atoms with Gasteiger partial charge >= 0.3 is 0 Å². The molecule has 0 fully saturated rings. The highest BCUT2D eigenvalue weighted by Gasteiger charge is 2.26. The lowest BCUT2D eigenvalue weighted by molar-refractivity contribution is 0.315. The molecule has 1 nitrogen and oxygen atoms in total. The fourth-order valence-electron chi connectivity index (χ4n) is 1.24. The molecule has 0 bridgehead atoms. The fourth-order valence-corrected chi connectivity index (χ4v) is 3.76. The van der Waals surface area contributed by atoms with Gasteiger partial charge in [-0.15, -0.1) is 11.6 Å². The summed E-state index contributed by atoms with van der Waals surface area (Å²) in [5.41, 5.74) is 0.513. The van der Waals surface area contributed by atoms with E-state index in [2.05, 4.69) is 19.6 Å². The van der Waals surface area contributed by atoms with E-state index in [9.17, 15) is 0 Å². The van der Waals surface area contributed by atoms with E-state index in [1.54, 1.807) is 0 Å². The molecule has 0 N–H and O–H groups in total. The highest BCUT2D eigenvalue weighted by Crippen LogP contribution is 2.24. The fraction of sp³-hybridized carbons (Fsp3) is 0.500. The first-order valence-electron chi connectivity index (χ1n) is 5.28. The van der Waals surface area contributed by atoms with Crippen molar-refractivity contribution in [3.8, 4) is 5.75 Å². The maximum absolute atomic E-state index is 5.97. The van der Waals surface area contributed by atoms with Crippen LogP contribution in [0.15, 0.2) is 30.3 Å². The van der Waals surface area contributed by atoms with Crippen molar-refractivity contribution < 1.29 is 4.74 Å². The van der Waals surface area contributed by atoms with Gasteiger partial charge in [0.15, 0.2) is 0 Å². The Morgan fingerprint density at radius 3 is 2.27 bits per heavy atom. The van der Waals surface area contributed by atoms with Crippen LogP contribution in [0.2, 0.25) is 25.2 Å². The zero-order valence-corrected chi connectivity index (χ0v) is 11.4. The molecule has 15 heavy (non-hydrogen) atoms. The van der Waals surface area contributed by atoms with Gasteiger partial charge in [0.2, 0.25) is 0 Å². The molecular weight excluding hydrogens is 224 g/mol. The minimum absolute atomic E-state index is 0.513. The predicted molar refractivity (Wildman–Crippen MR) is 69.8 cm³/mol. The molecule has 0 saturated heterocycles. The maximum Gasteiger partial charge on any atom is 0.119 e. The molecule has 0 heterocycles. The van der Waals surface area contributed by atoms with Crippen LogP contribution in [0.4, 0.5) is 0 Å². The standard InChI is InChI=1S/C12H19ClOSi/c1-15(2,3)12(9-13)10-14-11-7-5-4-6-8-11/h4-8,12H,9-10H2,1-3H3/t12-/m1/s1. The molecule has 0 saturated carbocycles. The maximum atomic E-state index is 5.97. The molecule has 0 unspecified atom stereocenters. The van der Waals surface area contributed by atoms with Gasteiger partial charge in [0, 0.05) is 11.4 Å². The first-order chi connectivity index (χ1) is 7.04. The van der Waals surface area contributed by atoms with Crippen molar-refractivity contribution in [2.75, 3.05) is 12.5 Å². The molecule has 1 rings (SSSR count). The second-order valence-electron chi connectivity index (χ2n) is 4.84. The lowest BCUT2D eigenvalue weighted by Gasteiger charge is -2.26. The lowest BCUT2D eigenvalue weighted by atomic mass is 10.3. The van der Waals surface area contributed by atoms with Crippen LogP contribution in [0.3, 0.4) is 0 Å². The average molecular weight is 243 g/mol. The van der Waals surface area contributed by atoms with Crippen molar-refractivity contribution in [2.24, 2.45) is 0 Å². The molecule has 0 radical (unpaired) electrons. The molecule has 0 aromatic heterocycles. The van der Waals surface area contributed by atoms with Gasteiger partial charge in [0.25, 0.3) is 0 Å². The highest BCUT2D eigenvalue weighted by atomic mass is 35.5. The number of alkyl halides is 1. The molecule has 3 heteroatoms. The van der Waals surface area contributed by atoms with E-state index >= 15 is 0 Å². The van der Waals surface area contributed by atoms with Crippen molar-refractivity contribution in [3.05, 3.63) is 30.3 Å². The zero-order valence-electron chi connectivity index (χ0n) is 9.66. The number of hydrogen-bond acceptors (Lipinski definition) is 1. The first kappa shape index (κ1) is 12.6. The Balaban J connectivity index is 2.49. The Hall–Kier alpha value is -0.473. The van der Waals surface area contributed by atoms with Gasteiger partial charge in [-0.3, -0.25) is 0 Å². The van der Waals surface area contributed by atoms with Crippen molar-refractivity contribution >= 4 is 19.7 Å². The van der Waals surface area contributed by atoms with Gasteiger partial charge in [-0.2, -0.15) is 0 Å². The Labute approximate surface area is 98.4 Å². The molecule has 1 aromatic rings.